The van der Waals surface area contributed by atoms with Gasteiger partial charge in [-0.05, 0) is 24.1 Å². The van der Waals surface area contributed by atoms with Crippen molar-refractivity contribution in [2.75, 3.05) is 12.9 Å². The number of amides is 1. The van der Waals surface area contributed by atoms with E-state index in [1.807, 2.05) is 0 Å². The fourth-order valence-electron chi connectivity index (χ4n) is 2.98. The van der Waals surface area contributed by atoms with Crippen LogP contribution in [0.5, 0.6) is 0 Å². The van der Waals surface area contributed by atoms with Crippen molar-refractivity contribution >= 4 is 44.9 Å². The highest BCUT2D eigenvalue weighted by atomic mass is 35.5. The molecule has 1 aromatic rings. The highest BCUT2D eigenvalue weighted by Gasteiger charge is 2.30. The van der Waals surface area contributed by atoms with Gasteiger partial charge < -0.3 is 10.1 Å². The van der Waals surface area contributed by atoms with E-state index in [-0.39, 0.29) is 11.3 Å². The number of carbonyl (C=O) groups is 2. The predicted octanol–water partition coefficient (Wildman–Crippen LogP) is 4.68. The molecule has 31 heavy (non-hydrogen) atoms. The molecule has 0 saturated carbocycles. The highest BCUT2D eigenvalue weighted by molar-refractivity contribution is 7.90. The second kappa shape index (κ2) is 13.9. The molecule has 0 aromatic heterocycles. The Balaban J connectivity index is 2.94. The number of esters is 1. The van der Waals surface area contributed by atoms with E-state index in [0.717, 1.165) is 38.4 Å². The van der Waals surface area contributed by atoms with Crippen molar-refractivity contribution in [3.05, 3.63) is 29.8 Å². The molecule has 1 N–H and O–H groups in total. The van der Waals surface area contributed by atoms with Gasteiger partial charge in [-0.2, -0.15) is 0 Å². The molecule has 0 bridgehead atoms. The van der Waals surface area contributed by atoms with E-state index >= 15 is 0 Å². The van der Waals surface area contributed by atoms with Crippen LogP contribution in [0.4, 0.5) is 4.39 Å². The average molecular weight is 498 g/mol. The standard InChI is InChI=1S/C21H30Cl2FNO5S/c1-3-4-5-6-7-8-9-18(26)30-19(17(14-24)25-21(27)20(22)23)15-10-12-16(13-11-15)31(2,28)29/h10-13,17,19-20H,3-9,14H2,1-2H3,(H,25,27)/t17?,19-/m1/s1. The number of sulfone groups is 1. The number of nitrogens with one attached hydrogen (secondary N) is 1. The number of rotatable bonds is 14. The summed E-state index contributed by atoms with van der Waals surface area (Å²) in [7, 11) is -3.43. The van der Waals surface area contributed by atoms with Gasteiger partial charge in [0.05, 0.1) is 10.9 Å². The van der Waals surface area contributed by atoms with Gasteiger partial charge in [0.1, 0.15) is 12.8 Å². The molecule has 1 amide bonds. The topological polar surface area (TPSA) is 89.5 Å². The van der Waals surface area contributed by atoms with E-state index in [2.05, 4.69) is 12.2 Å². The molecule has 2 atom stereocenters. The number of benzene rings is 1. The molecule has 1 aromatic carbocycles. The number of hydrogen-bond donors (Lipinski definition) is 1. The molecule has 0 saturated heterocycles. The molecule has 0 aliphatic heterocycles. The minimum atomic E-state index is -3.43. The van der Waals surface area contributed by atoms with E-state index < -0.39 is 45.4 Å². The van der Waals surface area contributed by atoms with Crippen LogP contribution in [0, 0.1) is 0 Å². The first-order chi connectivity index (χ1) is 14.6. The number of unbranched alkanes of at least 4 members (excludes halogenated alkanes) is 5. The summed E-state index contributed by atoms with van der Waals surface area (Å²) in [5.41, 5.74) is 0.340. The Bertz CT molecular complexity index is 802. The van der Waals surface area contributed by atoms with Gasteiger partial charge in [0, 0.05) is 12.7 Å². The van der Waals surface area contributed by atoms with Gasteiger partial charge in [-0.25, -0.2) is 12.8 Å². The van der Waals surface area contributed by atoms with Crippen LogP contribution in [-0.2, 0) is 24.2 Å². The minimum Gasteiger partial charge on any atom is -0.455 e. The zero-order valence-electron chi connectivity index (χ0n) is 17.8. The minimum absolute atomic E-state index is 0.0656. The molecule has 0 spiro atoms. The van der Waals surface area contributed by atoms with E-state index in [0.29, 0.717) is 12.0 Å². The summed E-state index contributed by atoms with van der Waals surface area (Å²) in [4.78, 5) is 22.9. The fraction of sp³-hybridized carbons (Fsp3) is 0.619. The largest absolute Gasteiger partial charge is 0.455 e. The zero-order valence-corrected chi connectivity index (χ0v) is 20.1. The lowest BCUT2D eigenvalue weighted by Gasteiger charge is -2.27. The van der Waals surface area contributed by atoms with Crippen LogP contribution >= 0.6 is 23.2 Å². The zero-order chi connectivity index (χ0) is 23.4. The van der Waals surface area contributed by atoms with Gasteiger partial charge in [-0.15, -0.1) is 0 Å². The van der Waals surface area contributed by atoms with Gasteiger partial charge in [-0.3, -0.25) is 9.59 Å². The first kappa shape index (κ1) is 27.7. The van der Waals surface area contributed by atoms with E-state index in [9.17, 15) is 22.4 Å². The lowest BCUT2D eigenvalue weighted by molar-refractivity contribution is -0.152. The summed E-state index contributed by atoms with van der Waals surface area (Å²) in [6, 6.07) is 4.29. The average Bonchev–Trinajstić information content (AvgIpc) is 2.72. The van der Waals surface area contributed by atoms with E-state index in [1.54, 1.807) is 0 Å². The molecule has 0 radical (unpaired) electrons. The normalized spacial score (nSPS) is 13.6. The quantitative estimate of drug-likeness (QED) is 0.229. The van der Waals surface area contributed by atoms with Crippen LogP contribution in [0.15, 0.2) is 29.2 Å². The summed E-state index contributed by atoms with van der Waals surface area (Å²) in [6.45, 7) is 1.08. The van der Waals surface area contributed by atoms with Crippen molar-refractivity contribution in [3.8, 4) is 0 Å². The summed E-state index contributed by atoms with van der Waals surface area (Å²) in [5, 5.41) is 2.33. The maximum absolute atomic E-state index is 13.8. The van der Waals surface area contributed by atoms with Crippen molar-refractivity contribution in [1.82, 2.24) is 5.32 Å². The third-order valence-corrected chi connectivity index (χ3v) is 6.21. The Morgan fingerprint density at radius 2 is 1.65 bits per heavy atom. The maximum Gasteiger partial charge on any atom is 0.306 e. The van der Waals surface area contributed by atoms with Gasteiger partial charge in [0.25, 0.3) is 5.91 Å². The van der Waals surface area contributed by atoms with Crippen LogP contribution in [0.25, 0.3) is 0 Å². The Morgan fingerprint density at radius 1 is 1.06 bits per heavy atom. The smallest absolute Gasteiger partial charge is 0.306 e. The van der Waals surface area contributed by atoms with E-state index in [1.165, 1.54) is 24.3 Å². The summed E-state index contributed by atoms with van der Waals surface area (Å²) < 4.78 is 42.6. The second-order valence-electron chi connectivity index (χ2n) is 7.34. The summed E-state index contributed by atoms with van der Waals surface area (Å²) in [6.07, 6.45) is 5.98. The highest BCUT2D eigenvalue weighted by Crippen LogP contribution is 2.25. The Kier molecular flexibility index (Phi) is 12.4. The third-order valence-electron chi connectivity index (χ3n) is 4.69. The van der Waals surface area contributed by atoms with Gasteiger partial charge in [-0.1, -0.05) is 74.4 Å². The molecule has 6 nitrogen and oxygen atoms in total. The molecule has 1 unspecified atom stereocenters. The number of ether oxygens (including phenoxy) is 1. The van der Waals surface area contributed by atoms with Crippen LogP contribution in [-0.4, -0.2) is 44.1 Å². The van der Waals surface area contributed by atoms with Crippen LogP contribution < -0.4 is 5.32 Å². The van der Waals surface area contributed by atoms with Crippen LogP contribution in [0.1, 0.15) is 63.5 Å². The Labute approximate surface area is 193 Å². The van der Waals surface area contributed by atoms with Crippen molar-refractivity contribution < 1.29 is 27.1 Å². The molecular weight excluding hydrogens is 468 g/mol. The number of alkyl halides is 3. The third kappa shape index (κ3) is 10.2. The molecule has 0 aliphatic rings. The fourth-order valence-corrected chi connectivity index (χ4v) is 3.73. The van der Waals surface area contributed by atoms with Crippen molar-refractivity contribution in [2.45, 2.75) is 73.7 Å². The molecular formula is C21H30Cl2FNO5S. The summed E-state index contributed by atoms with van der Waals surface area (Å²) in [5.74, 6) is -1.36. The van der Waals surface area contributed by atoms with Crippen molar-refractivity contribution in [2.24, 2.45) is 0 Å². The summed E-state index contributed by atoms with van der Waals surface area (Å²) >= 11 is 11.1. The molecule has 0 heterocycles. The maximum atomic E-state index is 13.8. The molecule has 10 heteroatoms. The molecule has 0 fully saturated rings. The first-order valence-corrected chi connectivity index (χ1v) is 13.0. The molecule has 176 valence electrons. The lowest BCUT2D eigenvalue weighted by Crippen LogP contribution is -2.44. The predicted molar refractivity (Wildman–Crippen MR) is 120 cm³/mol. The monoisotopic (exact) mass is 497 g/mol. The van der Waals surface area contributed by atoms with Gasteiger partial charge in [0.15, 0.2) is 14.7 Å². The number of halogens is 3. The van der Waals surface area contributed by atoms with Crippen molar-refractivity contribution in [3.63, 3.8) is 0 Å². The van der Waals surface area contributed by atoms with Crippen LogP contribution in [0.3, 0.4) is 0 Å². The van der Waals surface area contributed by atoms with Gasteiger partial charge >= 0.3 is 5.97 Å². The first-order valence-electron chi connectivity index (χ1n) is 10.2. The molecule has 1 rings (SSSR count). The molecule has 0 aliphatic carbocycles. The number of hydrogen-bond acceptors (Lipinski definition) is 5. The van der Waals surface area contributed by atoms with Crippen molar-refractivity contribution in [1.29, 1.82) is 0 Å². The van der Waals surface area contributed by atoms with Gasteiger partial charge in [0.2, 0.25) is 0 Å². The van der Waals surface area contributed by atoms with Crippen LogP contribution in [0.2, 0.25) is 0 Å². The number of carbonyl (C=O) groups excluding carboxylic acids is 2. The Morgan fingerprint density at radius 3 is 2.16 bits per heavy atom. The van der Waals surface area contributed by atoms with E-state index in [4.69, 9.17) is 27.9 Å². The lowest BCUT2D eigenvalue weighted by atomic mass is 10.0. The Hall–Kier alpha value is -1.38. The SMILES string of the molecule is CCCCCCCCC(=O)O[C@H](c1ccc(S(C)(=O)=O)cc1)C(CF)NC(=O)C(Cl)Cl. The second-order valence-corrected chi connectivity index (χ2v) is 10.5.